The van der Waals surface area contributed by atoms with Crippen LogP contribution in [0, 0.1) is 11.3 Å². The van der Waals surface area contributed by atoms with Crippen LogP contribution in [0.4, 0.5) is 5.69 Å². The van der Waals surface area contributed by atoms with Crippen molar-refractivity contribution in [1.29, 1.82) is 5.41 Å². The highest BCUT2D eigenvalue weighted by Gasteiger charge is 2.22. The zero-order valence-corrected chi connectivity index (χ0v) is 18.0. The van der Waals surface area contributed by atoms with Crippen molar-refractivity contribution < 1.29 is 24.2 Å². The van der Waals surface area contributed by atoms with E-state index in [0.717, 1.165) is 0 Å². The predicted octanol–water partition coefficient (Wildman–Crippen LogP) is 3.60. The molecule has 0 radical (unpaired) electrons. The Kier molecular flexibility index (Phi) is 8.43. The summed E-state index contributed by atoms with van der Waals surface area (Å²) in [5.74, 6) is -0.150. The van der Waals surface area contributed by atoms with E-state index in [2.05, 4.69) is 5.32 Å². The molecule has 0 bridgehead atoms. The second-order valence-corrected chi connectivity index (χ2v) is 7.50. The summed E-state index contributed by atoms with van der Waals surface area (Å²) in [6, 6.07) is 10.3. The number of carboxylic acids is 1. The maximum atomic E-state index is 12.0. The van der Waals surface area contributed by atoms with Crippen LogP contribution in [-0.2, 0) is 9.59 Å². The minimum absolute atomic E-state index is 0.0307. The second kappa shape index (κ2) is 11.0. The first-order chi connectivity index (χ1) is 14.7. The van der Waals surface area contributed by atoms with Crippen molar-refractivity contribution in [2.45, 2.75) is 33.2 Å². The van der Waals surface area contributed by atoms with E-state index in [0.29, 0.717) is 41.3 Å². The normalized spacial score (nSPS) is 11.6. The van der Waals surface area contributed by atoms with E-state index in [1.54, 1.807) is 42.5 Å². The number of anilines is 1. The smallest absolute Gasteiger partial charge is 0.330 e. The number of ether oxygens (including phenoxy) is 2. The average molecular weight is 428 g/mol. The monoisotopic (exact) mass is 427 g/mol. The van der Waals surface area contributed by atoms with E-state index in [1.165, 1.54) is 0 Å². The van der Waals surface area contributed by atoms with Crippen molar-refractivity contribution in [3.05, 3.63) is 53.6 Å². The van der Waals surface area contributed by atoms with Gasteiger partial charge in [0.1, 0.15) is 23.9 Å². The number of hydrogen-bond donors (Lipinski definition) is 4. The van der Waals surface area contributed by atoms with Gasteiger partial charge in [-0.1, -0.05) is 13.8 Å². The number of nitrogen functional groups attached to an aromatic ring is 1. The summed E-state index contributed by atoms with van der Waals surface area (Å²) in [5.41, 5.74) is 6.97. The van der Waals surface area contributed by atoms with Crippen molar-refractivity contribution in [1.82, 2.24) is 0 Å². The van der Waals surface area contributed by atoms with Gasteiger partial charge in [0.2, 0.25) is 0 Å². The van der Waals surface area contributed by atoms with Crippen molar-refractivity contribution in [2.24, 2.45) is 11.7 Å². The van der Waals surface area contributed by atoms with Crippen LogP contribution in [0.1, 0.15) is 44.4 Å². The fourth-order valence-corrected chi connectivity index (χ4v) is 2.97. The van der Waals surface area contributed by atoms with Crippen LogP contribution in [0.25, 0.3) is 0 Å². The van der Waals surface area contributed by atoms with E-state index in [4.69, 9.17) is 20.6 Å². The lowest BCUT2D eigenvalue weighted by Crippen LogP contribution is -2.21. The largest absolute Gasteiger partial charge is 0.494 e. The minimum Gasteiger partial charge on any atom is -0.494 e. The molecule has 0 saturated heterocycles. The lowest BCUT2D eigenvalue weighted by molar-refractivity contribution is -0.138. The van der Waals surface area contributed by atoms with Crippen LogP contribution >= 0.6 is 0 Å². The summed E-state index contributed by atoms with van der Waals surface area (Å²) in [4.78, 5) is 24.0. The third kappa shape index (κ3) is 7.33. The Morgan fingerprint density at radius 3 is 2.23 bits per heavy atom. The number of nitrogens with two attached hydrogens (primary N) is 1. The van der Waals surface area contributed by atoms with Gasteiger partial charge >= 0.3 is 5.97 Å². The van der Waals surface area contributed by atoms with E-state index < -0.39 is 12.0 Å². The summed E-state index contributed by atoms with van der Waals surface area (Å²) < 4.78 is 11.2. The number of carbonyl (C=O) groups excluding carboxylic acids is 1. The lowest BCUT2D eigenvalue weighted by Gasteiger charge is -2.19. The Morgan fingerprint density at radius 1 is 1.10 bits per heavy atom. The van der Waals surface area contributed by atoms with Crippen molar-refractivity contribution in [3.63, 3.8) is 0 Å². The Labute approximate surface area is 181 Å². The van der Waals surface area contributed by atoms with Gasteiger partial charge in [-0.25, -0.2) is 4.79 Å². The molecule has 2 aromatic rings. The molecular weight excluding hydrogens is 398 g/mol. The van der Waals surface area contributed by atoms with Gasteiger partial charge in [-0.05, 0) is 54.8 Å². The van der Waals surface area contributed by atoms with E-state index in [1.807, 2.05) is 20.8 Å². The maximum Gasteiger partial charge on any atom is 0.330 e. The fraction of sp³-hybridized carbons (Fsp3) is 0.348. The molecule has 0 amide bonds. The zero-order chi connectivity index (χ0) is 23.0. The number of carbonyl (C=O) groups is 2. The standard InChI is InChI=1S/C23H29N3O5/c1-4-30-19-10-16(11-20(12-19)31-13-18(27)9-14(2)3)21(23(28)29)26-17-7-5-15(6-8-17)22(24)25/h5-8,10-12,14,21,26H,4,9,13H2,1-3H3,(H3,24,25)(H,28,29). The number of Topliss-reactive ketones (excluding diaryl/α,β-unsaturated/α-hetero) is 1. The fourth-order valence-electron chi connectivity index (χ4n) is 2.97. The van der Waals surface area contributed by atoms with Crippen LogP contribution in [0.3, 0.4) is 0 Å². The zero-order valence-electron chi connectivity index (χ0n) is 18.0. The first-order valence-corrected chi connectivity index (χ1v) is 10.1. The number of hydrogen-bond acceptors (Lipinski definition) is 6. The Hall–Kier alpha value is -3.55. The van der Waals surface area contributed by atoms with Crippen LogP contribution in [0.2, 0.25) is 0 Å². The summed E-state index contributed by atoms with van der Waals surface area (Å²) >= 11 is 0. The Balaban J connectivity index is 2.27. The van der Waals surface area contributed by atoms with Gasteiger partial charge in [0.05, 0.1) is 6.61 Å². The average Bonchev–Trinajstić information content (AvgIpc) is 2.70. The molecule has 0 heterocycles. The van der Waals surface area contributed by atoms with Crippen LogP contribution in [0.5, 0.6) is 11.5 Å². The van der Waals surface area contributed by atoms with Gasteiger partial charge in [-0.3, -0.25) is 10.2 Å². The van der Waals surface area contributed by atoms with Gasteiger partial charge in [0, 0.05) is 23.7 Å². The molecule has 1 unspecified atom stereocenters. The van der Waals surface area contributed by atoms with Crippen LogP contribution in [0.15, 0.2) is 42.5 Å². The topological polar surface area (TPSA) is 135 Å². The van der Waals surface area contributed by atoms with Crippen molar-refractivity contribution in [3.8, 4) is 11.5 Å². The maximum absolute atomic E-state index is 12.0. The highest BCUT2D eigenvalue weighted by molar-refractivity contribution is 5.95. The number of carboxylic acid groups (broad SMARTS) is 1. The van der Waals surface area contributed by atoms with E-state index in [9.17, 15) is 14.7 Å². The van der Waals surface area contributed by atoms with Crippen molar-refractivity contribution in [2.75, 3.05) is 18.5 Å². The molecule has 2 rings (SSSR count). The quantitative estimate of drug-likeness (QED) is 0.300. The number of ketones is 1. The molecule has 2 aromatic carbocycles. The highest BCUT2D eigenvalue weighted by Crippen LogP contribution is 2.29. The molecule has 0 aliphatic heterocycles. The molecular formula is C23H29N3O5. The second-order valence-electron chi connectivity index (χ2n) is 7.50. The number of rotatable bonds is 12. The molecule has 5 N–H and O–H groups in total. The van der Waals surface area contributed by atoms with E-state index >= 15 is 0 Å². The summed E-state index contributed by atoms with van der Waals surface area (Å²) in [7, 11) is 0. The Morgan fingerprint density at radius 2 is 1.71 bits per heavy atom. The van der Waals surface area contributed by atoms with Gasteiger partial charge in [0.15, 0.2) is 11.8 Å². The molecule has 0 aliphatic rings. The molecule has 8 heteroatoms. The molecule has 0 spiro atoms. The lowest BCUT2D eigenvalue weighted by atomic mass is 10.0. The first kappa shape index (κ1) is 23.7. The molecule has 0 aliphatic carbocycles. The van der Waals surface area contributed by atoms with Gasteiger partial charge in [0.25, 0.3) is 0 Å². The molecule has 166 valence electrons. The molecule has 1 atom stereocenters. The van der Waals surface area contributed by atoms with Gasteiger partial charge in [-0.15, -0.1) is 0 Å². The van der Waals surface area contributed by atoms with Gasteiger partial charge < -0.3 is 25.6 Å². The third-order valence-corrected chi connectivity index (χ3v) is 4.34. The number of benzene rings is 2. The SMILES string of the molecule is CCOc1cc(OCC(=O)CC(C)C)cc(C(Nc2ccc(C(=N)N)cc2)C(=O)O)c1. The van der Waals surface area contributed by atoms with E-state index in [-0.39, 0.29) is 24.1 Å². The molecule has 0 aromatic heterocycles. The van der Waals surface area contributed by atoms with Crippen LogP contribution in [-0.4, -0.2) is 35.9 Å². The molecule has 0 fully saturated rings. The Bertz CT molecular complexity index is 925. The third-order valence-electron chi connectivity index (χ3n) is 4.34. The summed E-state index contributed by atoms with van der Waals surface area (Å²) in [6.45, 7) is 6.04. The first-order valence-electron chi connectivity index (χ1n) is 10.1. The summed E-state index contributed by atoms with van der Waals surface area (Å²) in [5, 5.41) is 20.2. The van der Waals surface area contributed by atoms with Crippen molar-refractivity contribution >= 4 is 23.3 Å². The molecule has 31 heavy (non-hydrogen) atoms. The number of amidine groups is 1. The summed E-state index contributed by atoms with van der Waals surface area (Å²) in [6.07, 6.45) is 0.410. The van der Waals surface area contributed by atoms with Gasteiger partial charge in [-0.2, -0.15) is 0 Å². The van der Waals surface area contributed by atoms with Crippen LogP contribution < -0.4 is 20.5 Å². The molecule has 8 nitrogen and oxygen atoms in total. The minimum atomic E-state index is -1.09. The number of nitrogens with one attached hydrogen (secondary N) is 2. The highest BCUT2D eigenvalue weighted by atomic mass is 16.5. The number of aliphatic carboxylic acids is 1. The predicted molar refractivity (Wildman–Crippen MR) is 119 cm³/mol. The molecule has 0 saturated carbocycles.